The van der Waals surface area contributed by atoms with Gasteiger partial charge >= 0.3 is 6.03 Å². The highest BCUT2D eigenvalue weighted by molar-refractivity contribution is 6.30. The largest absolute Gasteiger partial charge is 0.323 e. The number of nitrogens with zero attached hydrogens (tertiary/aromatic N) is 1. The van der Waals surface area contributed by atoms with Gasteiger partial charge in [-0.1, -0.05) is 17.7 Å². The second-order valence-corrected chi connectivity index (χ2v) is 4.70. The number of fused-ring (bicyclic) bond motifs is 1. The van der Waals surface area contributed by atoms with Gasteiger partial charge in [-0.25, -0.2) is 4.79 Å². The number of aromatic nitrogens is 2. The third kappa shape index (κ3) is 2.73. The first-order chi connectivity index (χ1) is 9.70. The fourth-order valence-corrected chi connectivity index (χ4v) is 2.06. The van der Waals surface area contributed by atoms with Gasteiger partial charge in [-0.2, -0.15) is 5.10 Å². The lowest BCUT2D eigenvalue weighted by Gasteiger charge is -2.07. The third-order valence-corrected chi connectivity index (χ3v) is 3.02. The van der Waals surface area contributed by atoms with Crippen molar-refractivity contribution >= 4 is 39.9 Å². The Hall–Kier alpha value is -2.53. The van der Waals surface area contributed by atoms with Gasteiger partial charge < -0.3 is 10.6 Å². The molecule has 0 aliphatic carbocycles. The van der Waals surface area contributed by atoms with Crippen LogP contribution in [0.25, 0.3) is 10.9 Å². The molecule has 100 valence electrons. The number of H-pyrrole nitrogens is 1. The van der Waals surface area contributed by atoms with Crippen molar-refractivity contribution in [3.05, 3.63) is 53.7 Å². The Bertz CT molecular complexity index is 768. The van der Waals surface area contributed by atoms with Gasteiger partial charge in [0.1, 0.15) is 0 Å². The second kappa shape index (κ2) is 5.22. The second-order valence-electron chi connectivity index (χ2n) is 4.26. The molecule has 6 heteroatoms. The molecule has 0 fully saturated rings. The van der Waals surface area contributed by atoms with Gasteiger partial charge in [-0.3, -0.25) is 5.10 Å². The van der Waals surface area contributed by atoms with Crippen LogP contribution in [0.15, 0.2) is 48.7 Å². The Labute approximate surface area is 119 Å². The van der Waals surface area contributed by atoms with Crippen LogP contribution in [-0.4, -0.2) is 16.2 Å². The van der Waals surface area contributed by atoms with E-state index in [2.05, 4.69) is 20.8 Å². The van der Waals surface area contributed by atoms with Crippen LogP contribution in [0.5, 0.6) is 0 Å². The third-order valence-electron chi connectivity index (χ3n) is 2.78. The molecule has 20 heavy (non-hydrogen) atoms. The molecular weight excluding hydrogens is 276 g/mol. The predicted octanol–water partition coefficient (Wildman–Crippen LogP) is 3.86. The van der Waals surface area contributed by atoms with E-state index in [1.807, 2.05) is 18.2 Å². The molecular formula is C14H11ClN4O. The standard InChI is InChI=1S/C14H11ClN4O/c15-10-2-1-3-11(6-10)17-14(20)18-12-5-4-9-8-16-19-13(9)7-12/h1-8H,(H,16,19)(H2,17,18,20). The summed E-state index contributed by atoms with van der Waals surface area (Å²) in [5.74, 6) is 0. The van der Waals surface area contributed by atoms with Crippen molar-refractivity contribution in [1.82, 2.24) is 10.2 Å². The quantitative estimate of drug-likeness (QED) is 0.669. The number of nitrogens with one attached hydrogen (secondary N) is 3. The van der Waals surface area contributed by atoms with Crippen LogP contribution in [0, 0.1) is 0 Å². The zero-order valence-electron chi connectivity index (χ0n) is 10.4. The Morgan fingerprint density at radius 1 is 1.10 bits per heavy atom. The highest BCUT2D eigenvalue weighted by atomic mass is 35.5. The maximum absolute atomic E-state index is 11.9. The number of hydrogen-bond donors (Lipinski definition) is 3. The lowest BCUT2D eigenvalue weighted by Crippen LogP contribution is -2.19. The zero-order chi connectivity index (χ0) is 13.9. The summed E-state index contributed by atoms with van der Waals surface area (Å²) in [5, 5.41) is 13.8. The summed E-state index contributed by atoms with van der Waals surface area (Å²) in [6.07, 6.45) is 1.73. The van der Waals surface area contributed by atoms with E-state index in [1.54, 1.807) is 30.5 Å². The summed E-state index contributed by atoms with van der Waals surface area (Å²) in [6.45, 7) is 0. The number of benzene rings is 2. The Morgan fingerprint density at radius 2 is 1.90 bits per heavy atom. The van der Waals surface area contributed by atoms with Crippen molar-refractivity contribution < 1.29 is 4.79 Å². The van der Waals surface area contributed by atoms with Crippen LogP contribution < -0.4 is 10.6 Å². The minimum absolute atomic E-state index is 0.328. The van der Waals surface area contributed by atoms with Gasteiger partial charge in [-0.05, 0) is 36.4 Å². The van der Waals surface area contributed by atoms with Gasteiger partial charge in [-0.15, -0.1) is 0 Å². The van der Waals surface area contributed by atoms with E-state index in [4.69, 9.17) is 11.6 Å². The normalized spacial score (nSPS) is 10.4. The molecule has 2 amide bonds. The van der Waals surface area contributed by atoms with Gasteiger partial charge in [0.2, 0.25) is 0 Å². The molecule has 0 unspecified atom stereocenters. The molecule has 0 spiro atoms. The van der Waals surface area contributed by atoms with Crippen molar-refractivity contribution in [2.24, 2.45) is 0 Å². The smallest absolute Gasteiger partial charge is 0.308 e. The van der Waals surface area contributed by atoms with Crippen LogP contribution in [-0.2, 0) is 0 Å². The molecule has 3 N–H and O–H groups in total. The molecule has 5 nitrogen and oxygen atoms in total. The summed E-state index contributed by atoms with van der Waals surface area (Å²) < 4.78 is 0. The summed E-state index contributed by atoms with van der Waals surface area (Å²) in [6, 6.07) is 12.2. The average Bonchev–Trinajstić information content (AvgIpc) is 2.86. The molecule has 3 aromatic rings. The van der Waals surface area contributed by atoms with Crippen LogP contribution in [0.4, 0.5) is 16.2 Å². The van der Waals surface area contributed by atoms with Crippen molar-refractivity contribution in [2.45, 2.75) is 0 Å². The van der Waals surface area contributed by atoms with Gasteiger partial charge in [0.25, 0.3) is 0 Å². The Morgan fingerprint density at radius 3 is 2.70 bits per heavy atom. The molecule has 0 bridgehead atoms. The van der Waals surface area contributed by atoms with Crippen molar-refractivity contribution in [3.63, 3.8) is 0 Å². The van der Waals surface area contributed by atoms with Crippen molar-refractivity contribution in [2.75, 3.05) is 10.6 Å². The highest BCUT2D eigenvalue weighted by Gasteiger charge is 2.04. The number of rotatable bonds is 2. The SMILES string of the molecule is O=C(Nc1cccc(Cl)c1)Nc1ccc2cn[nH]c2c1. The van der Waals surface area contributed by atoms with E-state index in [0.717, 1.165) is 10.9 Å². The predicted molar refractivity (Wildman–Crippen MR) is 80.2 cm³/mol. The summed E-state index contributed by atoms with van der Waals surface area (Å²) in [4.78, 5) is 11.9. The molecule has 3 rings (SSSR count). The maximum atomic E-state index is 11.9. The molecule has 0 radical (unpaired) electrons. The zero-order valence-corrected chi connectivity index (χ0v) is 11.1. The number of hydrogen-bond acceptors (Lipinski definition) is 2. The van der Waals surface area contributed by atoms with E-state index in [0.29, 0.717) is 16.4 Å². The minimum atomic E-state index is -0.328. The van der Waals surface area contributed by atoms with Crippen molar-refractivity contribution in [3.8, 4) is 0 Å². The molecule has 1 heterocycles. The first-order valence-corrected chi connectivity index (χ1v) is 6.35. The minimum Gasteiger partial charge on any atom is -0.308 e. The Balaban J connectivity index is 1.72. The van der Waals surface area contributed by atoms with Crippen LogP contribution >= 0.6 is 11.6 Å². The molecule has 0 atom stereocenters. The summed E-state index contributed by atoms with van der Waals surface area (Å²) in [7, 11) is 0. The first-order valence-electron chi connectivity index (χ1n) is 5.97. The number of amides is 2. The molecule has 2 aromatic carbocycles. The van der Waals surface area contributed by atoms with Gasteiger partial charge in [0, 0.05) is 21.8 Å². The lowest BCUT2D eigenvalue weighted by molar-refractivity contribution is 0.262. The number of aromatic amines is 1. The van der Waals surface area contributed by atoms with Gasteiger partial charge in [0.05, 0.1) is 11.7 Å². The summed E-state index contributed by atoms with van der Waals surface area (Å²) in [5.41, 5.74) is 2.18. The van der Waals surface area contributed by atoms with Crippen LogP contribution in [0.1, 0.15) is 0 Å². The van der Waals surface area contributed by atoms with E-state index in [9.17, 15) is 4.79 Å². The number of carbonyl (C=O) groups is 1. The van der Waals surface area contributed by atoms with Crippen LogP contribution in [0.2, 0.25) is 5.02 Å². The molecule has 0 saturated heterocycles. The highest BCUT2D eigenvalue weighted by Crippen LogP contribution is 2.18. The van der Waals surface area contributed by atoms with E-state index in [1.165, 1.54) is 0 Å². The van der Waals surface area contributed by atoms with Crippen LogP contribution in [0.3, 0.4) is 0 Å². The Kier molecular flexibility index (Phi) is 3.26. The molecule has 0 aliphatic heterocycles. The van der Waals surface area contributed by atoms with E-state index in [-0.39, 0.29) is 6.03 Å². The van der Waals surface area contributed by atoms with E-state index >= 15 is 0 Å². The summed E-state index contributed by atoms with van der Waals surface area (Å²) >= 11 is 5.86. The fraction of sp³-hybridized carbons (Fsp3) is 0. The number of halogens is 1. The fourth-order valence-electron chi connectivity index (χ4n) is 1.87. The number of urea groups is 1. The number of carbonyl (C=O) groups excluding carboxylic acids is 1. The first kappa shape index (κ1) is 12.5. The van der Waals surface area contributed by atoms with Crippen molar-refractivity contribution in [1.29, 1.82) is 0 Å². The monoisotopic (exact) mass is 286 g/mol. The molecule has 1 aromatic heterocycles. The topological polar surface area (TPSA) is 69.8 Å². The maximum Gasteiger partial charge on any atom is 0.323 e. The number of anilines is 2. The van der Waals surface area contributed by atoms with E-state index < -0.39 is 0 Å². The molecule has 0 saturated carbocycles. The molecule has 0 aliphatic rings. The average molecular weight is 287 g/mol. The van der Waals surface area contributed by atoms with Gasteiger partial charge in [0.15, 0.2) is 0 Å². The lowest BCUT2D eigenvalue weighted by atomic mass is 10.2.